The number of imide groups is 1. The van der Waals surface area contributed by atoms with Gasteiger partial charge in [0.25, 0.3) is 11.8 Å². The molecule has 0 saturated carbocycles. The molecule has 0 unspecified atom stereocenters. The van der Waals surface area contributed by atoms with E-state index in [2.05, 4.69) is 0 Å². The molecule has 1 heterocycles. The normalized spacial score (nSPS) is 14.0. The van der Waals surface area contributed by atoms with E-state index in [4.69, 9.17) is 14.7 Å². The highest BCUT2D eigenvalue weighted by molar-refractivity contribution is 6.02. The van der Waals surface area contributed by atoms with E-state index in [0.717, 1.165) is 16.7 Å². The molecule has 35 heavy (non-hydrogen) atoms. The number of rotatable bonds is 9. The molecule has 0 bridgehead atoms. The number of amides is 2. The number of aliphatic hydroxyl groups is 1. The van der Waals surface area contributed by atoms with Gasteiger partial charge in [-0.15, -0.1) is 5.06 Å². The lowest BCUT2D eigenvalue weighted by atomic mass is 9.80. The Morgan fingerprint density at radius 3 is 1.83 bits per heavy atom. The Morgan fingerprint density at radius 2 is 1.31 bits per heavy atom. The van der Waals surface area contributed by atoms with Crippen LogP contribution >= 0.6 is 0 Å². The maximum Gasteiger partial charge on any atom is 0.363 e. The van der Waals surface area contributed by atoms with Crippen molar-refractivity contribution in [2.45, 2.75) is 18.4 Å². The summed E-state index contributed by atoms with van der Waals surface area (Å²) < 4.78 is 6.51. The lowest BCUT2D eigenvalue weighted by Crippen LogP contribution is -2.33. The Hall–Kier alpha value is -4.07. The van der Waals surface area contributed by atoms with E-state index in [1.165, 1.54) is 0 Å². The third kappa shape index (κ3) is 5.06. The quantitative estimate of drug-likeness (QED) is 0.290. The summed E-state index contributed by atoms with van der Waals surface area (Å²) in [6.45, 7) is 0.138. The highest BCUT2D eigenvalue weighted by Gasteiger charge is 2.38. The molecule has 178 valence electrons. The topological polar surface area (TPSA) is 93.1 Å². The smallest absolute Gasteiger partial charge is 0.363 e. The largest absolute Gasteiger partial charge is 0.392 e. The fourth-order valence-corrected chi connectivity index (χ4v) is 4.05. The van der Waals surface area contributed by atoms with Crippen molar-refractivity contribution in [1.29, 1.82) is 0 Å². The third-order valence-corrected chi connectivity index (χ3v) is 5.74. The second-order valence-corrected chi connectivity index (χ2v) is 7.92. The maximum absolute atomic E-state index is 12.6. The maximum atomic E-state index is 12.6. The van der Waals surface area contributed by atoms with Crippen LogP contribution in [0.5, 0.6) is 0 Å². The summed E-state index contributed by atoms with van der Waals surface area (Å²) in [4.78, 5) is 41.2. The molecule has 3 aromatic carbocycles. The van der Waals surface area contributed by atoms with Gasteiger partial charge >= 0.3 is 5.97 Å². The summed E-state index contributed by atoms with van der Waals surface area (Å²) >= 11 is 0. The fourth-order valence-electron chi connectivity index (χ4n) is 4.05. The van der Waals surface area contributed by atoms with Crippen molar-refractivity contribution >= 4 is 17.8 Å². The van der Waals surface area contributed by atoms with Crippen molar-refractivity contribution in [2.75, 3.05) is 13.2 Å². The molecule has 1 aliphatic heterocycles. The first-order chi connectivity index (χ1) is 17.1. The van der Waals surface area contributed by atoms with E-state index in [9.17, 15) is 14.4 Å². The number of hydroxylamine groups is 2. The van der Waals surface area contributed by atoms with Crippen molar-refractivity contribution in [2.24, 2.45) is 0 Å². The van der Waals surface area contributed by atoms with Gasteiger partial charge in [0.05, 0.1) is 18.8 Å². The van der Waals surface area contributed by atoms with E-state index in [1.54, 1.807) is 36.4 Å². The van der Waals surface area contributed by atoms with Crippen molar-refractivity contribution in [1.82, 2.24) is 5.06 Å². The minimum absolute atomic E-state index is 0.0315. The number of benzene rings is 3. The Balaban J connectivity index is 1.73. The zero-order chi connectivity index (χ0) is 24.7. The van der Waals surface area contributed by atoms with Crippen LogP contribution in [0.2, 0.25) is 0 Å². The van der Waals surface area contributed by atoms with Gasteiger partial charge in [-0.1, -0.05) is 84.9 Å². The van der Waals surface area contributed by atoms with Crippen LogP contribution in [-0.4, -0.2) is 41.2 Å². The molecule has 0 atom stereocenters. The second kappa shape index (κ2) is 10.9. The van der Waals surface area contributed by atoms with E-state index in [0.29, 0.717) is 5.06 Å². The Morgan fingerprint density at radius 1 is 0.800 bits per heavy atom. The summed E-state index contributed by atoms with van der Waals surface area (Å²) in [5.41, 5.74) is 1.71. The molecular weight excluding hydrogens is 446 g/mol. The van der Waals surface area contributed by atoms with Crippen LogP contribution in [0.15, 0.2) is 97.1 Å². The molecule has 1 aliphatic rings. The Bertz CT molecular complexity index is 1150. The Labute approximate surface area is 203 Å². The molecule has 3 aromatic rings. The predicted octanol–water partition coefficient (Wildman–Crippen LogP) is 3.76. The monoisotopic (exact) mass is 471 g/mol. The molecule has 1 fully saturated rings. The molecule has 1 saturated heterocycles. The molecule has 1 N–H and O–H groups in total. The SMILES string of the molecule is O=C(ON1C(=O)CCC1=O)c1ccc(C(OC/C=C\CO)(c2ccccc2)c2ccccc2)cc1. The standard InChI is InChI=1S/C28H25NO6/c30-19-7-8-20-34-28(22-9-3-1-4-10-22,23-11-5-2-6-12-23)24-15-13-21(14-16-24)27(33)35-29-25(31)17-18-26(29)32/h1-16,30H,17-20H2/b8-7-. The molecule has 0 spiro atoms. The van der Waals surface area contributed by atoms with Gasteiger partial charge < -0.3 is 14.7 Å². The number of nitrogens with zero attached hydrogens (tertiary/aromatic N) is 1. The number of hydrogen-bond acceptors (Lipinski definition) is 6. The van der Waals surface area contributed by atoms with Crippen molar-refractivity contribution < 1.29 is 29.1 Å². The number of ether oxygens (including phenoxy) is 1. The zero-order valence-corrected chi connectivity index (χ0v) is 19.0. The molecule has 0 aromatic heterocycles. The molecule has 0 radical (unpaired) electrons. The minimum atomic E-state index is -1.01. The van der Waals surface area contributed by atoms with Gasteiger partial charge in [0.1, 0.15) is 5.60 Å². The van der Waals surface area contributed by atoms with E-state index < -0.39 is 23.4 Å². The molecule has 7 heteroatoms. The van der Waals surface area contributed by atoms with Crippen LogP contribution in [-0.2, 0) is 24.8 Å². The number of aliphatic hydroxyl groups excluding tert-OH is 1. The zero-order valence-electron chi connectivity index (χ0n) is 19.0. The van der Waals surface area contributed by atoms with Gasteiger partial charge in [-0.05, 0) is 28.8 Å². The molecule has 0 aliphatic carbocycles. The summed E-state index contributed by atoms with van der Waals surface area (Å²) in [6, 6.07) is 26.1. The van der Waals surface area contributed by atoms with E-state index >= 15 is 0 Å². The van der Waals surface area contributed by atoms with E-state index in [1.807, 2.05) is 60.7 Å². The van der Waals surface area contributed by atoms with Gasteiger partial charge in [0, 0.05) is 12.8 Å². The van der Waals surface area contributed by atoms with Crippen LogP contribution in [0, 0.1) is 0 Å². The average molecular weight is 472 g/mol. The van der Waals surface area contributed by atoms with Crippen LogP contribution in [0.4, 0.5) is 0 Å². The molecular formula is C28H25NO6. The number of carbonyl (C=O) groups is 3. The van der Waals surface area contributed by atoms with Gasteiger partial charge in [-0.3, -0.25) is 9.59 Å². The second-order valence-electron chi connectivity index (χ2n) is 7.92. The van der Waals surface area contributed by atoms with Crippen molar-refractivity contribution in [3.63, 3.8) is 0 Å². The highest BCUT2D eigenvalue weighted by Crippen LogP contribution is 2.40. The first kappa shape index (κ1) is 24.1. The summed E-state index contributed by atoms with van der Waals surface area (Å²) in [7, 11) is 0. The molecule has 4 rings (SSSR count). The van der Waals surface area contributed by atoms with Gasteiger partial charge in [-0.25, -0.2) is 4.79 Å². The first-order valence-electron chi connectivity index (χ1n) is 11.3. The minimum Gasteiger partial charge on any atom is -0.392 e. The van der Waals surface area contributed by atoms with Gasteiger partial charge in [0.15, 0.2) is 0 Å². The molecule has 7 nitrogen and oxygen atoms in total. The summed E-state index contributed by atoms with van der Waals surface area (Å²) in [5, 5.41) is 9.67. The molecule has 2 amide bonds. The number of carbonyl (C=O) groups excluding carboxylic acids is 3. The predicted molar refractivity (Wildman–Crippen MR) is 128 cm³/mol. The fraction of sp³-hybridized carbons (Fsp3) is 0.179. The van der Waals surface area contributed by atoms with Gasteiger partial charge in [0.2, 0.25) is 0 Å². The van der Waals surface area contributed by atoms with Crippen molar-refractivity contribution in [3.8, 4) is 0 Å². The van der Waals surface area contributed by atoms with Gasteiger partial charge in [-0.2, -0.15) is 0 Å². The average Bonchev–Trinajstić information content (AvgIpc) is 3.22. The van der Waals surface area contributed by atoms with Crippen molar-refractivity contribution in [3.05, 3.63) is 119 Å². The lowest BCUT2D eigenvalue weighted by molar-refractivity contribution is -0.172. The van der Waals surface area contributed by atoms with Crippen LogP contribution in [0.1, 0.15) is 39.9 Å². The van der Waals surface area contributed by atoms with Crippen LogP contribution in [0.3, 0.4) is 0 Å². The Kier molecular flexibility index (Phi) is 7.50. The highest BCUT2D eigenvalue weighted by atomic mass is 16.7. The van der Waals surface area contributed by atoms with Crippen LogP contribution in [0.25, 0.3) is 0 Å². The van der Waals surface area contributed by atoms with E-state index in [-0.39, 0.29) is 31.6 Å². The number of hydrogen-bond donors (Lipinski definition) is 1. The van der Waals surface area contributed by atoms with Crippen LogP contribution < -0.4 is 0 Å². The first-order valence-corrected chi connectivity index (χ1v) is 11.3. The lowest BCUT2D eigenvalue weighted by Gasteiger charge is -2.35. The third-order valence-electron chi connectivity index (χ3n) is 5.74. The summed E-state index contributed by atoms with van der Waals surface area (Å²) in [5.74, 6) is -1.86. The summed E-state index contributed by atoms with van der Waals surface area (Å²) in [6.07, 6.45) is 3.42.